The van der Waals surface area contributed by atoms with Gasteiger partial charge in [0.15, 0.2) is 0 Å². The molecule has 1 amide bonds. The van der Waals surface area contributed by atoms with Crippen molar-refractivity contribution in [2.75, 3.05) is 19.8 Å². The van der Waals surface area contributed by atoms with Crippen molar-refractivity contribution >= 4 is 18.3 Å². The Labute approximate surface area is 65.5 Å². The molecule has 0 aromatic carbocycles. The molecule has 1 saturated heterocycles. The van der Waals surface area contributed by atoms with Crippen LogP contribution in [0, 0.1) is 0 Å². The molecule has 5 heteroatoms. The van der Waals surface area contributed by atoms with Gasteiger partial charge in [0.25, 0.3) is 0 Å². The molecule has 0 aromatic rings. The topological polar surface area (TPSA) is 64.3 Å². The summed E-state index contributed by atoms with van der Waals surface area (Å²) in [5.41, 5.74) is 5.34. The van der Waals surface area contributed by atoms with E-state index in [-0.39, 0.29) is 18.3 Å². The molecule has 1 rings (SSSR count). The van der Waals surface area contributed by atoms with Crippen LogP contribution in [0.15, 0.2) is 0 Å². The number of nitrogens with two attached hydrogens (primary N) is 1. The molecule has 1 unspecified atom stereocenters. The predicted octanol–water partition coefficient (Wildman–Crippen LogP) is -1.12. The molecule has 0 aromatic heterocycles. The van der Waals surface area contributed by atoms with Crippen LogP contribution in [0.5, 0.6) is 0 Å². The molecule has 1 aliphatic rings. The first-order valence-electron chi connectivity index (χ1n) is 2.92. The summed E-state index contributed by atoms with van der Waals surface area (Å²) in [5, 5.41) is 2.61. The third kappa shape index (κ3) is 2.51. The Morgan fingerprint density at radius 3 is 3.10 bits per heavy atom. The summed E-state index contributed by atoms with van der Waals surface area (Å²) in [6, 6.07) is -0.479. The highest BCUT2D eigenvalue weighted by Gasteiger charge is 2.15. The lowest BCUT2D eigenvalue weighted by molar-refractivity contribution is -0.122. The monoisotopic (exact) mass is 166 g/mol. The second kappa shape index (κ2) is 4.49. The SMILES string of the molecule is Cl.NC1COCCNC1=O. The van der Waals surface area contributed by atoms with E-state index in [1.54, 1.807) is 0 Å². The molecule has 0 spiro atoms. The third-order valence-electron chi connectivity index (χ3n) is 1.18. The normalized spacial score (nSPS) is 26.1. The van der Waals surface area contributed by atoms with Crippen molar-refractivity contribution in [1.29, 1.82) is 0 Å². The van der Waals surface area contributed by atoms with E-state index < -0.39 is 6.04 Å². The molecule has 10 heavy (non-hydrogen) atoms. The molecule has 0 bridgehead atoms. The Bertz CT molecular complexity index is 120. The fourth-order valence-electron chi connectivity index (χ4n) is 0.663. The molecule has 60 valence electrons. The molecule has 3 N–H and O–H groups in total. The van der Waals surface area contributed by atoms with Gasteiger partial charge in [-0.25, -0.2) is 0 Å². The zero-order valence-corrected chi connectivity index (χ0v) is 6.32. The Balaban J connectivity index is 0.000000810. The van der Waals surface area contributed by atoms with Crippen molar-refractivity contribution < 1.29 is 9.53 Å². The van der Waals surface area contributed by atoms with Crippen LogP contribution in [-0.4, -0.2) is 31.7 Å². The number of carbonyl (C=O) groups is 1. The van der Waals surface area contributed by atoms with Gasteiger partial charge in [-0.3, -0.25) is 4.79 Å². The maximum Gasteiger partial charge on any atom is 0.239 e. The number of carbonyl (C=O) groups excluding carboxylic acids is 1. The second-order valence-electron chi connectivity index (χ2n) is 1.97. The van der Waals surface area contributed by atoms with Gasteiger partial charge >= 0.3 is 0 Å². The van der Waals surface area contributed by atoms with Crippen LogP contribution in [-0.2, 0) is 9.53 Å². The molecule has 0 saturated carbocycles. The highest BCUT2D eigenvalue weighted by atomic mass is 35.5. The average molecular weight is 167 g/mol. The predicted molar refractivity (Wildman–Crippen MR) is 39.1 cm³/mol. The maximum atomic E-state index is 10.7. The first kappa shape index (κ1) is 9.68. The number of halogens is 1. The van der Waals surface area contributed by atoms with E-state index in [9.17, 15) is 4.79 Å². The lowest BCUT2D eigenvalue weighted by Gasteiger charge is -2.03. The van der Waals surface area contributed by atoms with E-state index in [1.165, 1.54) is 0 Å². The van der Waals surface area contributed by atoms with E-state index in [1.807, 2.05) is 0 Å². The molecule has 1 fully saturated rings. The van der Waals surface area contributed by atoms with Crippen molar-refractivity contribution in [3.8, 4) is 0 Å². The van der Waals surface area contributed by atoms with Crippen LogP contribution in [0.4, 0.5) is 0 Å². The fraction of sp³-hybridized carbons (Fsp3) is 0.800. The highest BCUT2D eigenvalue weighted by molar-refractivity contribution is 5.85. The van der Waals surface area contributed by atoms with Gasteiger partial charge in [-0.05, 0) is 0 Å². The van der Waals surface area contributed by atoms with Crippen LogP contribution in [0.2, 0.25) is 0 Å². The third-order valence-corrected chi connectivity index (χ3v) is 1.18. The van der Waals surface area contributed by atoms with Gasteiger partial charge < -0.3 is 15.8 Å². The van der Waals surface area contributed by atoms with Crippen LogP contribution < -0.4 is 11.1 Å². The van der Waals surface area contributed by atoms with Gasteiger partial charge in [-0.15, -0.1) is 12.4 Å². The average Bonchev–Trinajstić information content (AvgIpc) is 1.99. The largest absolute Gasteiger partial charge is 0.377 e. The van der Waals surface area contributed by atoms with E-state index in [0.29, 0.717) is 19.8 Å². The van der Waals surface area contributed by atoms with Gasteiger partial charge in [0.05, 0.1) is 13.2 Å². The molecule has 1 atom stereocenters. The number of hydrogen-bond donors (Lipinski definition) is 2. The number of ether oxygens (including phenoxy) is 1. The summed E-state index contributed by atoms with van der Waals surface area (Å²) in [6.07, 6.45) is 0. The highest BCUT2D eigenvalue weighted by Crippen LogP contribution is 1.86. The van der Waals surface area contributed by atoms with Crippen molar-refractivity contribution in [3.63, 3.8) is 0 Å². The minimum absolute atomic E-state index is 0. The standard InChI is InChI=1S/C5H10N2O2.ClH/c6-4-3-9-2-1-7-5(4)8;/h4H,1-3,6H2,(H,7,8);1H. The lowest BCUT2D eigenvalue weighted by Crippen LogP contribution is -2.41. The first-order valence-corrected chi connectivity index (χ1v) is 2.92. The summed E-state index contributed by atoms with van der Waals surface area (Å²) in [6.45, 7) is 1.48. The van der Waals surface area contributed by atoms with Gasteiger partial charge in [0, 0.05) is 6.54 Å². The minimum Gasteiger partial charge on any atom is -0.377 e. The smallest absolute Gasteiger partial charge is 0.239 e. The summed E-state index contributed by atoms with van der Waals surface area (Å²) < 4.78 is 4.97. The molecule has 1 aliphatic heterocycles. The Kier molecular flexibility index (Phi) is 4.34. The van der Waals surface area contributed by atoms with Crippen LogP contribution in [0.25, 0.3) is 0 Å². The zero-order valence-electron chi connectivity index (χ0n) is 5.50. The zero-order chi connectivity index (χ0) is 6.69. The minimum atomic E-state index is -0.479. The van der Waals surface area contributed by atoms with Crippen LogP contribution in [0.1, 0.15) is 0 Å². The van der Waals surface area contributed by atoms with Crippen LogP contribution >= 0.6 is 12.4 Å². The summed E-state index contributed by atoms with van der Waals surface area (Å²) in [5.74, 6) is -0.118. The molecular formula is C5H11ClN2O2. The Morgan fingerprint density at radius 1 is 1.70 bits per heavy atom. The van der Waals surface area contributed by atoms with Crippen molar-refractivity contribution in [2.24, 2.45) is 5.73 Å². The van der Waals surface area contributed by atoms with E-state index in [0.717, 1.165) is 0 Å². The number of amides is 1. The Hall–Kier alpha value is -0.320. The van der Waals surface area contributed by atoms with E-state index in [2.05, 4.69) is 5.32 Å². The van der Waals surface area contributed by atoms with E-state index >= 15 is 0 Å². The fourth-order valence-corrected chi connectivity index (χ4v) is 0.663. The molecule has 0 aliphatic carbocycles. The van der Waals surface area contributed by atoms with Gasteiger partial charge in [0.2, 0.25) is 5.91 Å². The van der Waals surface area contributed by atoms with Gasteiger partial charge in [0.1, 0.15) is 6.04 Å². The molecular weight excluding hydrogens is 156 g/mol. The van der Waals surface area contributed by atoms with Gasteiger partial charge in [-0.2, -0.15) is 0 Å². The van der Waals surface area contributed by atoms with Crippen molar-refractivity contribution in [3.05, 3.63) is 0 Å². The van der Waals surface area contributed by atoms with Gasteiger partial charge in [-0.1, -0.05) is 0 Å². The number of hydrogen-bond acceptors (Lipinski definition) is 3. The molecule has 1 heterocycles. The summed E-state index contributed by atoms with van der Waals surface area (Å²) in [4.78, 5) is 10.7. The second-order valence-corrected chi connectivity index (χ2v) is 1.97. The van der Waals surface area contributed by atoms with Crippen molar-refractivity contribution in [1.82, 2.24) is 5.32 Å². The Morgan fingerprint density at radius 2 is 2.40 bits per heavy atom. The number of nitrogens with one attached hydrogen (secondary N) is 1. The quantitative estimate of drug-likeness (QED) is 0.479. The van der Waals surface area contributed by atoms with E-state index in [4.69, 9.17) is 10.5 Å². The van der Waals surface area contributed by atoms with Crippen LogP contribution in [0.3, 0.4) is 0 Å². The molecule has 0 radical (unpaired) electrons. The first-order chi connectivity index (χ1) is 4.30. The summed E-state index contributed by atoms with van der Waals surface area (Å²) in [7, 11) is 0. The van der Waals surface area contributed by atoms with Crippen molar-refractivity contribution in [2.45, 2.75) is 6.04 Å². The maximum absolute atomic E-state index is 10.7. The number of rotatable bonds is 0. The summed E-state index contributed by atoms with van der Waals surface area (Å²) >= 11 is 0. The lowest BCUT2D eigenvalue weighted by atomic mass is 10.3. The molecule has 4 nitrogen and oxygen atoms in total.